The van der Waals surface area contributed by atoms with Crippen molar-refractivity contribution in [3.63, 3.8) is 0 Å². The number of esters is 1. The first kappa shape index (κ1) is 26.8. The van der Waals surface area contributed by atoms with Gasteiger partial charge in [0.2, 0.25) is 0 Å². The highest BCUT2D eigenvalue weighted by molar-refractivity contribution is 14.1. The van der Waals surface area contributed by atoms with Crippen LogP contribution in [0.5, 0.6) is 5.75 Å². The molecule has 2 heterocycles. The zero-order valence-corrected chi connectivity index (χ0v) is 25.2. The van der Waals surface area contributed by atoms with E-state index in [4.69, 9.17) is 9.47 Å². The molecule has 36 heavy (non-hydrogen) atoms. The Labute approximate surface area is 235 Å². The number of aromatic nitrogens is 1. The molecule has 188 valence electrons. The van der Waals surface area contributed by atoms with Crippen LogP contribution < -0.4 is 19.6 Å². The van der Waals surface area contributed by atoms with E-state index in [1.165, 1.54) is 11.3 Å². The van der Waals surface area contributed by atoms with Crippen molar-refractivity contribution in [1.82, 2.24) is 4.57 Å². The predicted molar refractivity (Wildman–Crippen MR) is 154 cm³/mol. The fraction of sp³-hybridized carbons (Fsp3) is 0.296. The van der Waals surface area contributed by atoms with E-state index in [1.807, 2.05) is 63.2 Å². The highest BCUT2D eigenvalue weighted by Gasteiger charge is 2.33. The van der Waals surface area contributed by atoms with Gasteiger partial charge in [0.05, 0.1) is 38.1 Å². The minimum absolute atomic E-state index is 0.0237. The van der Waals surface area contributed by atoms with Crippen LogP contribution >= 0.6 is 49.9 Å². The van der Waals surface area contributed by atoms with E-state index in [1.54, 1.807) is 18.4 Å². The largest absolute Gasteiger partial charge is 0.489 e. The van der Waals surface area contributed by atoms with Crippen molar-refractivity contribution in [3.05, 3.63) is 92.1 Å². The van der Waals surface area contributed by atoms with E-state index in [0.29, 0.717) is 20.6 Å². The summed E-state index contributed by atoms with van der Waals surface area (Å²) in [7, 11) is 0. The molecule has 0 amide bonds. The molecule has 0 unspecified atom stereocenters. The predicted octanol–water partition coefficient (Wildman–Crippen LogP) is 5.26. The van der Waals surface area contributed by atoms with Crippen LogP contribution in [0.25, 0.3) is 6.08 Å². The standard InChI is InChI=1S/C27H26BrIN2O4S/c1-6-34-26(33)22-16(5)30-27-31(23(22)17-9-7-15(4)8-10-17)25(32)21(36-27)12-18-11-19(28)13-20(29)24(18)35-14(2)3/h7-14,23H,6H2,1-5H3/b21-12-/t23-/m0/s1. The van der Waals surface area contributed by atoms with Crippen molar-refractivity contribution < 1.29 is 14.3 Å². The van der Waals surface area contributed by atoms with Gasteiger partial charge in [-0.25, -0.2) is 9.79 Å². The first-order chi connectivity index (χ1) is 17.1. The zero-order chi connectivity index (χ0) is 26.1. The van der Waals surface area contributed by atoms with Crippen LogP contribution in [-0.2, 0) is 9.53 Å². The zero-order valence-electron chi connectivity index (χ0n) is 20.6. The molecule has 4 rings (SSSR count). The molecule has 0 N–H and O–H groups in total. The number of thiazole rings is 1. The Balaban J connectivity index is 1.97. The number of hydrogen-bond donors (Lipinski definition) is 0. The number of carbonyl (C=O) groups excluding carboxylic acids is 1. The topological polar surface area (TPSA) is 69.9 Å². The molecule has 9 heteroatoms. The molecule has 0 bridgehead atoms. The maximum atomic E-state index is 13.9. The lowest BCUT2D eigenvalue weighted by molar-refractivity contribution is -0.139. The number of halogens is 2. The number of nitrogens with zero attached hydrogens (tertiary/aromatic N) is 2. The minimum Gasteiger partial charge on any atom is -0.489 e. The van der Waals surface area contributed by atoms with Gasteiger partial charge < -0.3 is 9.47 Å². The summed E-state index contributed by atoms with van der Waals surface area (Å²) in [6.07, 6.45) is 1.81. The molecule has 3 aromatic rings. The van der Waals surface area contributed by atoms with Gasteiger partial charge in [0.25, 0.3) is 5.56 Å². The van der Waals surface area contributed by atoms with E-state index in [9.17, 15) is 9.59 Å². The van der Waals surface area contributed by atoms with Gasteiger partial charge in [-0.1, -0.05) is 57.1 Å². The molecular formula is C27H26BrIN2O4S. The van der Waals surface area contributed by atoms with Crippen LogP contribution in [0.3, 0.4) is 0 Å². The first-order valence-electron chi connectivity index (χ1n) is 11.5. The molecule has 1 aromatic heterocycles. The summed E-state index contributed by atoms with van der Waals surface area (Å²) in [5.41, 5.74) is 3.41. The Kier molecular flexibility index (Phi) is 8.21. The quantitative estimate of drug-likeness (QED) is 0.263. The number of ether oxygens (including phenoxy) is 2. The Bertz CT molecular complexity index is 1540. The minimum atomic E-state index is -0.628. The van der Waals surface area contributed by atoms with Crippen LogP contribution in [0.2, 0.25) is 0 Å². The average Bonchev–Trinajstić information content (AvgIpc) is 3.10. The third kappa shape index (κ3) is 5.38. The Morgan fingerprint density at radius 1 is 1.25 bits per heavy atom. The van der Waals surface area contributed by atoms with Crippen molar-refractivity contribution in [1.29, 1.82) is 0 Å². The fourth-order valence-electron chi connectivity index (χ4n) is 4.04. The average molecular weight is 681 g/mol. The lowest BCUT2D eigenvalue weighted by Gasteiger charge is -2.24. The monoisotopic (exact) mass is 680 g/mol. The van der Waals surface area contributed by atoms with Crippen molar-refractivity contribution in [2.45, 2.75) is 46.8 Å². The van der Waals surface area contributed by atoms with Crippen LogP contribution in [0.4, 0.5) is 0 Å². The van der Waals surface area contributed by atoms with Crippen LogP contribution in [0.1, 0.15) is 50.4 Å². The van der Waals surface area contributed by atoms with Crippen LogP contribution in [0, 0.1) is 10.5 Å². The highest BCUT2D eigenvalue weighted by atomic mass is 127. The van der Waals surface area contributed by atoms with Gasteiger partial charge in [-0.05, 0) is 81.0 Å². The van der Waals surface area contributed by atoms with Crippen LogP contribution in [0.15, 0.2) is 61.9 Å². The Hall–Kier alpha value is -2.24. The molecule has 1 aliphatic heterocycles. The third-order valence-corrected chi connectivity index (χ3v) is 7.83. The Morgan fingerprint density at radius 2 is 1.94 bits per heavy atom. The number of benzene rings is 2. The van der Waals surface area contributed by atoms with Crippen LogP contribution in [-0.4, -0.2) is 23.2 Å². The van der Waals surface area contributed by atoms with Gasteiger partial charge in [-0.15, -0.1) is 0 Å². The molecule has 0 radical (unpaired) electrons. The summed E-state index contributed by atoms with van der Waals surface area (Å²) in [5, 5.41) is 0. The van der Waals surface area contributed by atoms with Gasteiger partial charge in [-0.3, -0.25) is 9.36 Å². The lowest BCUT2D eigenvalue weighted by Crippen LogP contribution is -2.39. The smallest absolute Gasteiger partial charge is 0.338 e. The van der Waals surface area contributed by atoms with E-state index in [2.05, 4.69) is 43.5 Å². The van der Waals surface area contributed by atoms with Crippen molar-refractivity contribution in [2.75, 3.05) is 6.61 Å². The summed E-state index contributed by atoms with van der Waals surface area (Å²) in [4.78, 5) is 32.1. The van der Waals surface area contributed by atoms with Crippen molar-refractivity contribution in [2.24, 2.45) is 4.99 Å². The number of aryl methyl sites for hydroxylation is 1. The molecule has 0 saturated heterocycles. The highest BCUT2D eigenvalue weighted by Crippen LogP contribution is 2.32. The summed E-state index contributed by atoms with van der Waals surface area (Å²) in [6.45, 7) is 9.73. The third-order valence-electron chi connectivity index (χ3n) is 5.59. The van der Waals surface area contributed by atoms with Gasteiger partial charge in [0.15, 0.2) is 4.80 Å². The number of rotatable bonds is 6. The summed E-state index contributed by atoms with van der Waals surface area (Å²) in [5.74, 6) is 0.255. The van der Waals surface area contributed by atoms with E-state index in [-0.39, 0.29) is 18.3 Å². The molecular weight excluding hydrogens is 655 g/mol. The molecule has 1 atom stereocenters. The molecule has 0 aliphatic carbocycles. The Morgan fingerprint density at radius 3 is 2.58 bits per heavy atom. The number of carbonyl (C=O) groups is 1. The second kappa shape index (κ2) is 11.0. The molecule has 0 spiro atoms. The van der Waals surface area contributed by atoms with Crippen molar-refractivity contribution >= 4 is 61.9 Å². The molecule has 6 nitrogen and oxygen atoms in total. The first-order valence-corrected chi connectivity index (χ1v) is 14.2. The normalized spacial score (nSPS) is 15.7. The number of hydrogen-bond acceptors (Lipinski definition) is 6. The summed E-state index contributed by atoms with van der Waals surface area (Å²) < 4.78 is 15.4. The molecule has 1 aliphatic rings. The maximum absolute atomic E-state index is 13.9. The second-order valence-corrected chi connectivity index (χ2v) is 11.8. The fourth-order valence-corrected chi connectivity index (χ4v) is 6.76. The number of allylic oxidation sites excluding steroid dienone is 1. The van der Waals surface area contributed by atoms with E-state index in [0.717, 1.165) is 30.5 Å². The number of fused-ring (bicyclic) bond motifs is 1. The summed E-state index contributed by atoms with van der Waals surface area (Å²) in [6, 6.07) is 11.1. The van der Waals surface area contributed by atoms with Gasteiger partial charge in [0.1, 0.15) is 5.75 Å². The van der Waals surface area contributed by atoms with Gasteiger partial charge in [-0.2, -0.15) is 0 Å². The maximum Gasteiger partial charge on any atom is 0.338 e. The van der Waals surface area contributed by atoms with Gasteiger partial charge in [0, 0.05) is 10.0 Å². The van der Waals surface area contributed by atoms with Gasteiger partial charge >= 0.3 is 5.97 Å². The summed E-state index contributed by atoms with van der Waals surface area (Å²) >= 11 is 7.09. The van der Waals surface area contributed by atoms with E-state index >= 15 is 0 Å². The second-order valence-electron chi connectivity index (χ2n) is 8.69. The van der Waals surface area contributed by atoms with E-state index < -0.39 is 12.0 Å². The molecule has 0 saturated carbocycles. The molecule has 2 aromatic carbocycles. The van der Waals surface area contributed by atoms with Crippen molar-refractivity contribution in [3.8, 4) is 5.75 Å². The SMILES string of the molecule is CCOC(=O)C1=C(C)N=c2s/c(=C\c3cc(Br)cc(I)c3OC(C)C)c(=O)n2[C@H]1c1ccc(C)cc1. The lowest BCUT2D eigenvalue weighted by atomic mass is 9.95. The molecule has 0 fully saturated rings.